The van der Waals surface area contributed by atoms with Gasteiger partial charge in [-0.1, -0.05) is 13.8 Å². The first-order valence-electron chi connectivity index (χ1n) is 9.34. The first-order chi connectivity index (χ1) is 14.3. The average molecular weight is 411 g/mol. The predicted octanol–water partition coefficient (Wildman–Crippen LogP) is 3.74. The molecule has 0 aliphatic carbocycles. The molecule has 0 atom stereocenters. The van der Waals surface area contributed by atoms with Gasteiger partial charge in [0, 0.05) is 29.3 Å². The van der Waals surface area contributed by atoms with Gasteiger partial charge in [-0.15, -0.1) is 0 Å². The molecule has 0 spiro atoms. The average Bonchev–Trinajstić information content (AvgIpc) is 2.76. The first kappa shape index (κ1) is 22.7. The lowest BCUT2D eigenvalue weighted by molar-refractivity contribution is -0.136. The van der Waals surface area contributed by atoms with Crippen molar-refractivity contribution in [2.75, 3.05) is 26.1 Å². The number of hydrogen-bond acceptors (Lipinski definition) is 6. The summed E-state index contributed by atoms with van der Waals surface area (Å²) in [6, 6.07) is 11.6. The Labute approximate surface area is 175 Å². The van der Waals surface area contributed by atoms with Crippen LogP contribution in [0.4, 0.5) is 5.69 Å². The van der Waals surface area contributed by atoms with Gasteiger partial charge in [0.2, 0.25) is 5.91 Å². The zero-order chi connectivity index (χ0) is 22.1. The van der Waals surface area contributed by atoms with Gasteiger partial charge in [0.25, 0.3) is 0 Å². The lowest BCUT2D eigenvalue weighted by atomic mass is 10.1. The number of carbonyl (C=O) groups excluding carboxylic acids is 3. The molecule has 158 valence electrons. The fraction of sp³-hybridized carbons (Fsp3) is 0.261. The highest BCUT2D eigenvalue weighted by Gasteiger charge is 2.10. The number of nitrogens with one attached hydrogen (secondary N) is 1. The van der Waals surface area contributed by atoms with E-state index in [0.717, 1.165) is 0 Å². The lowest BCUT2D eigenvalue weighted by Gasteiger charge is -2.08. The number of esters is 1. The van der Waals surface area contributed by atoms with Gasteiger partial charge in [-0.25, -0.2) is 4.79 Å². The van der Waals surface area contributed by atoms with E-state index >= 15 is 0 Å². The Hall–Kier alpha value is -3.61. The maximum atomic E-state index is 12.2. The maximum absolute atomic E-state index is 12.2. The van der Waals surface area contributed by atoms with Gasteiger partial charge < -0.3 is 19.5 Å². The highest BCUT2D eigenvalue weighted by Crippen LogP contribution is 2.23. The monoisotopic (exact) mass is 411 g/mol. The van der Waals surface area contributed by atoms with Crippen molar-refractivity contribution in [3.05, 3.63) is 59.7 Å². The summed E-state index contributed by atoms with van der Waals surface area (Å²) in [7, 11) is 3.07. The molecule has 2 aromatic rings. The molecule has 0 bridgehead atoms. The fourth-order valence-corrected chi connectivity index (χ4v) is 2.38. The van der Waals surface area contributed by atoms with E-state index in [-0.39, 0.29) is 24.2 Å². The van der Waals surface area contributed by atoms with Gasteiger partial charge in [-0.05, 0) is 48.0 Å². The topological polar surface area (TPSA) is 90.9 Å². The highest BCUT2D eigenvalue weighted by molar-refractivity contribution is 5.99. The minimum atomic E-state index is -0.647. The van der Waals surface area contributed by atoms with Crippen LogP contribution in [0.15, 0.2) is 48.5 Å². The zero-order valence-electron chi connectivity index (χ0n) is 17.4. The smallest absolute Gasteiger partial charge is 0.331 e. The van der Waals surface area contributed by atoms with E-state index in [1.165, 1.54) is 20.3 Å². The Morgan fingerprint density at radius 1 is 0.967 bits per heavy atom. The number of benzene rings is 2. The van der Waals surface area contributed by atoms with Crippen molar-refractivity contribution < 1.29 is 28.6 Å². The highest BCUT2D eigenvalue weighted by atomic mass is 16.5. The molecule has 0 aliphatic rings. The number of Topliss-reactive ketones (excluding diaryl/α,β-unsaturated/α-hetero) is 1. The van der Waals surface area contributed by atoms with Gasteiger partial charge in [0.05, 0.1) is 14.2 Å². The molecule has 2 rings (SSSR count). The molecule has 0 saturated carbocycles. The Morgan fingerprint density at radius 2 is 1.57 bits per heavy atom. The SMILES string of the molecule is COc1cc(/C=C/C(=O)OCC(=O)c2ccc(NC(=O)C(C)C)cc2)cc(OC)c1. The first-order valence-corrected chi connectivity index (χ1v) is 9.34. The Balaban J connectivity index is 1.90. The third-order valence-electron chi connectivity index (χ3n) is 4.13. The van der Waals surface area contributed by atoms with E-state index in [1.54, 1.807) is 62.4 Å². The molecule has 0 aliphatic heterocycles. The summed E-state index contributed by atoms with van der Waals surface area (Å²) in [6.07, 6.45) is 2.77. The van der Waals surface area contributed by atoms with Crippen molar-refractivity contribution in [2.24, 2.45) is 5.92 Å². The number of anilines is 1. The molecule has 7 heteroatoms. The normalized spacial score (nSPS) is 10.7. The molecule has 0 fully saturated rings. The number of hydrogen-bond donors (Lipinski definition) is 1. The second-order valence-corrected chi connectivity index (χ2v) is 6.73. The van der Waals surface area contributed by atoms with Gasteiger partial charge >= 0.3 is 5.97 Å². The maximum Gasteiger partial charge on any atom is 0.331 e. The van der Waals surface area contributed by atoms with Gasteiger partial charge in [-0.2, -0.15) is 0 Å². The van der Waals surface area contributed by atoms with Gasteiger partial charge in [0.1, 0.15) is 11.5 Å². The number of methoxy groups -OCH3 is 2. The van der Waals surface area contributed by atoms with Crippen LogP contribution in [-0.4, -0.2) is 38.5 Å². The molecule has 0 saturated heterocycles. The molecule has 1 amide bonds. The summed E-state index contributed by atoms with van der Waals surface area (Å²) < 4.78 is 15.4. The summed E-state index contributed by atoms with van der Waals surface area (Å²) in [6.45, 7) is 3.20. The van der Waals surface area contributed by atoms with Crippen LogP contribution in [0, 0.1) is 5.92 Å². The Morgan fingerprint density at radius 3 is 2.10 bits per heavy atom. The number of ketones is 1. The standard InChI is InChI=1S/C23H25NO6/c1-15(2)23(27)24-18-8-6-17(7-9-18)21(25)14-30-22(26)10-5-16-11-19(28-3)13-20(12-16)29-4/h5-13,15H,14H2,1-4H3,(H,24,27)/b10-5+. The molecular weight excluding hydrogens is 386 g/mol. The number of carbonyl (C=O) groups is 3. The van der Waals surface area contributed by atoms with Crippen LogP contribution in [-0.2, 0) is 14.3 Å². The predicted molar refractivity (Wildman–Crippen MR) is 114 cm³/mol. The molecular formula is C23H25NO6. The van der Waals surface area contributed by atoms with Crippen molar-refractivity contribution in [2.45, 2.75) is 13.8 Å². The Bertz CT molecular complexity index is 909. The van der Waals surface area contributed by atoms with Crippen LogP contribution in [0.3, 0.4) is 0 Å². The fourth-order valence-electron chi connectivity index (χ4n) is 2.38. The quantitative estimate of drug-likeness (QED) is 0.384. The van der Waals surface area contributed by atoms with Crippen molar-refractivity contribution in [1.29, 1.82) is 0 Å². The molecule has 2 aromatic carbocycles. The summed E-state index contributed by atoms with van der Waals surface area (Å²) in [4.78, 5) is 35.8. The lowest BCUT2D eigenvalue weighted by Crippen LogP contribution is -2.18. The molecule has 30 heavy (non-hydrogen) atoms. The third kappa shape index (κ3) is 6.77. The van der Waals surface area contributed by atoms with Crippen LogP contribution < -0.4 is 14.8 Å². The largest absolute Gasteiger partial charge is 0.497 e. The minimum Gasteiger partial charge on any atom is -0.497 e. The van der Waals surface area contributed by atoms with Gasteiger partial charge in [0.15, 0.2) is 12.4 Å². The van der Waals surface area contributed by atoms with Crippen LogP contribution in [0.1, 0.15) is 29.8 Å². The summed E-state index contributed by atoms with van der Waals surface area (Å²) >= 11 is 0. The van der Waals surface area contributed by atoms with E-state index in [9.17, 15) is 14.4 Å². The van der Waals surface area contributed by atoms with Crippen LogP contribution in [0.25, 0.3) is 6.08 Å². The van der Waals surface area contributed by atoms with Crippen LogP contribution in [0.5, 0.6) is 11.5 Å². The molecule has 0 unspecified atom stereocenters. The molecule has 0 radical (unpaired) electrons. The molecule has 7 nitrogen and oxygen atoms in total. The van der Waals surface area contributed by atoms with E-state index in [2.05, 4.69) is 5.32 Å². The van der Waals surface area contributed by atoms with Crippen molar-refractivity contribution in [1.82, 2.24) is 0 Å². The number of ether oxygens (including phenoxy) is 3. The number of amides is 1. The number of rotatable bonds is 9. The van der Waals surface area contributed by atoms with E-state index in [4.69, 9.17) is 14.2 Å². The van der Waals surface area contributed by atoms with Crippen molar-refractivity contribution in [3.8, 4) is 11.5 Å². The van der Waals surface area contributed by atoms with E-state index in [0.29, 0.717) is 28.3 Å². The minimum absolute atomic E-state index is 0.108. The summed E-state index contributed by atoms with van der Waals surface area (Å²) in [5, 5.41) is 2.74. The van der Waals surface area contributed by atoms with E-state index < -0.39 is 5.97 Å². The second-order valence-electron chi connectivity index (χ2n) is 6.73. The van der Waals surface area contributed by atoms with E-state index in [1.807, 2.05) is 0 Å². The summed E-state index contributed by atoms with van der Waals surface area (Å²) in [5.74, 6) is -0.0658. The van der Waals surface area contributed by atoms with Gasteiger partial charge in [-0.3, -0.25) is 9.59 Å². The third-order valence-corrected chi connectivity index (χ3v) is 4.13. The van der Waals surface area contributed by atoms with Crippen LogP contribution >= 0.6 is 0 Å². The molecule has 0 aromatic heterocycles. The van der Waals surface area contributed by atoms with Crippen molar-refractivity contribution in [3.63, 3.8) is 0 Å². The van der Waals surface area contributed by atoms with Crippen LogP contribution in [0.2, 0.25) is 0 Å². The zero-order valence-corrected chi connectivity index (χ0v) is 17.4. The van der Waals surface area contributed by atoms with Crippen molar-refractivity contribution >= 4 is 29.4 Å². The summed E-state index contributed by atoms with van der Waals surface area (Å²) in [5.41, 5.74) is 1.67. The molecule has 0 heterocycles. The second kappa shape index (κ2) is 10.8. The molecule has 1 N–H and O–H groups in total. The Kier molecular flexibility index (Phi) is 8.17.